The SMILES string of the molecule is N#C/C(=C\c1cccc(OCc2cccc3ccccc23)c1)Sc1nc2ccccc2[nH]1. The minimum Gasteiger partial charge on any atom is -0.489 e. The average Bonchev–Trinajstić information content (AvgIpc) is 3.25. The molecule has 0 unspecified atom stereocenters. The van der Waals surface area contributed by atoms with Crippen molar-refractivity contribution in [3.8, 4) is 11.8 Å². The predicted octanol–water partition coefficient (Wildman–Crippen LogP) is 6.95. The zero-order valence-corrected chi connectivity index (χ0v) is 18.0. The van der Waals surface area contributed by atoms with E-state index in [0.29, 0.717) is 16.7 Å². The molecular weight excluding hydrogens is 414 g/mol. The Labute approximate surface area is 190 Å². The molecule has 0 saturated heterocycles. The first-order valence-corrected chi connectivity index (χ1v) is 11.0. The summed E-state index contributed by atoms with van der Waals surface area (Å²) in [4.78, 5) is 8.34. The zero-order chi connectivity index (χ0) is 21.8. The highest BCUT2D eigenvalue weighted by atomic mass is 32.2. The Hall–Kier alpha value is -4.01. The fourth-order valence-electron chi connectivity index (χ4n) is 3.59. The number of rotatable bonds is 6. The number of hydrogen-bond donors (Lipinski definition) is 1. The Morgan fingerprint density at radius 1 is 0.969 bits per heavy atom. The van der Waals surface area contributed by atoms with E-state index in [9.17, 15) is 5.26 Å². The van der Waals surface area contributed by atoms with Gasteiger partial charge in [0.25, 0.3) is 0 Å². The number of benzene rings is 4. The molecule has 5 rings (SSSR count). The van der Waals surface area contributed by atoms with Crippen LogP contribution in [0, 0.1) is 11.3 Å². The van der Waals surface area contributed by atoms with Gasteiger partial charge in [0.15, 0.2) is 5.16 Å². The monoisotopic (exact) mass is 433 g/mol. The molecule has 32 heavy (non-hydrogen) atoms. The number of nitrogens with one attached hydrogen (secondary N) is 1. The number of nitrogens with zero attached hydrogens (tertiary/aromatic N) is 2. The van der Waals surface area contributed by atoms with Gasteiger partial charge in [0.05, 0.1) is 15.9 Å². The van der Waals surface area contributed by atoms with Crippen LogP contribution in [0.25, 0.3) is 27.9 Å². The van der Waals surface area contributed by atoms with Crippen molar-refractivity contribution in [1.29, 1.82) is 5.26 Å². The number of hydrogen-bond acceptors (Lipinski definition) is 4. The number of allylic oxidation sites excluding steroid dienone is 1. The van der Waals surface area contributed by atoms with E-state index < -0.39 is 0 Å². The third-order valence-electron chi connectivity index (χ3n) is 5.11. The Morgan fingerprint density at radius 2 is 1.78 bits per heavy atom. The van der Waals surface area contributed by atoms with E-state index in [4.69, 9.17) is 4.74 Å². The van der Waals surface area contributed by atoms with Gasteiger partial charge in [-0.05, 0) is 64.0 Å². The number of nitriles is 1. The van der Waals surface area contributed by atoms with E-state index in [1.54, 1.807) is 0 Å². The molecule has 4 nitrogen and oxygen atoms in total. The van der Waals surface area contributed by atoms with Crippen LogP contribution < -0.4 is 4.74 Å². The van der Waals surface area contributed by atoms with Crippen LogP contribution in [0.5, 0.6) is 5.75 Å². The van der Waals surface area contributed by atoms with Crippen molar-refractivity contribution in [3.63, 3.8) is 0 Å². The lowest BCUT2D eigenvalue weighted by atomic mass is 10.1. The smallest absolute Gasteiger partial charge is 0.171 e. The van der Waals surface area contributed by atoms with Crippen molar-refractivity contribution in [2.24, 2.45) is 0 Å². The number of thioether (sulfide) groups is 1. The molecule has 0 amide bonds. The minimum atomic E-state index is 0.480. The molecule has 154 valence electrons. The summed E-state index contributed by atoms with van der Waals surface area (Å²) in [5, 5.41) is 12.7. The first kappa shape index (κ1) is 19.9. The van der Waals surface area contributed by atoms with E-state index in [-0.39, 0.29) is 0 Å². The molecule has 0 fully saturated rings. The summed E-state index contributed by atoms with van der Waals surface area (Å²) in [7, 11) is 0. The highest BCUT2D eigenvalue weighted by Crippen LogP contribution is 2.28. The van der Waals surface area contributed by atoms with Gasteiger partial charge in [0, 0.05) is 0 Å². The maximum Gasteiger partial charge on any atom is 0.171 e. The molecule has 0 spiro atoms. The molecule has 0 radical (unpaired) electrons. The number of aromatic amines is 1. The average molecular weight is 434 g/mol. The van der Waals surface area contributed by atoms with Crippen molar-refractivity contribution in [3.05, 3.63) is 107 Å². The summed E-state index contributed by atoms with van der Waals surface area (Å²) in [6.45, 7) is 0.480. The van der Waals surface area contributed by atoms with Crippen LogP contribution in [0.3, 0.4) is 0 Å². The highest BCUT2D eigenvalue weighted by Gasteiger charge is 2.07. The molecule has 0 bridgehead atoms. The second-order valence-corrected chi connectivity index (χ2v) is 8.31. The standard InChI is InChI=1S/C27H19N3OS/c28-17-23(32-27-29-25-13-3-4-14-26(25)30-27)16-19-7-5-11-22(15-19)31-18-21-10-6-9-20-8-1-2-12-24(20)21/h1-16H,18H2,(H,29,30)/b23-16+. The fourth-order valence-corrected chi connectivity index (χ4v) is 4.35. The van der Waals surface area contributed by atoms with Crippen LogP contribution in [0.1, 0.15) is 11.1 Å². The second kappa shape index (κ2) is 9.01. The van der Waals surface area contributed by atoms with Gasteiger partial charge in [-0.15, -0.1) is 0 Å². The summed E-state index contributed by atoms with van der Waals surface area (Å²) in [5.41, 5.74) is 3.88. The van der Waals surface area contributed by atoms with Crippen molar-refractivity contribution in [1.82, 2.24) is 9.97 Å². The van der Waals surface area contributed by atoms with Crippen LogP contribution in [0.4, 0.5) is 0 Å². The molecule has 0 aliphatic carbocycles. The lowest BCUT2D eigenvalue weighted by Crippen LogP contribution is -1.96. The molecule has 1 N–H and O–H groups in total. The summed E-state index contributed by atoms with van der Waals surface area (Å²) < 4.78 is 6.08. The lowest BCUT2D eigenvalue weighted by molar-refractivity contribution is 0.307. The van der Waals surface area contributed by atoms with E-state index in [0.717, 1.165) is 27.9 Å². The van der Waals surface area contributed by atoms with Gasteiger partial charge >= 0.3 is 0 Å². The molecule has 0 aliphatic rings. The number of imidazole rings is 1. The van der Waals surface area contributed by atoms with Crippen LogP contribution in [0.15, 0.2) is 101 Å². The van der Waals surface area contributed by atoms with Gasteiger partial charge < -0.3 is 9.72 Å². The normalized spacial score (nSPS) is 11.5. The minimum absolute atomic E-state index is 0.480. The van der Waals surface area contributed by atoms with Crippen molar-refractivity contribution in [2.45, 2.75) is 11.8 Å². The van der Waals surface area contributed by atoms with Gasteiger partial charge in [-0.25, -0.2) is 4.98 Å². The molecule has 5 heteroatoms. The molecule has 1 aromatic heterocycles. The quantitative estimate of drug-likeness (QED) is 0.232. The Kier molecular flexibility index (Phi) is 5.61. The van der Waals surface area contributed by atoms with Gasteiger partial charge in [0.1, 0.15) is 18.4 Å². The first-order chi connectivity index (χ1) is 15.8. The maximum absolute atomic E-state index is 9.63. The Bertz CT molecular complexity index is 1440. The predicted molar refractivity (Wildman–Crippen MR) is 130 cm³/mol. The number of para-hydroxylation sites is 2. The summed E-state index contributed by atoms with van der Waals surface area (Å²) in [6.07, 6.45) is 1.85. The van der Waals surface area contributed by atoms with Gasteiger partial charge in [0.2, 0.25) is 0 Å². The van der Waals surface area contributed by atoms with E-state index in [1.165, 1.54) is 22.5 Å². The summed E-state index contributed by atoms with van der Waals surface area (Å²) in [6, 6.07) is 32.4. The van der Waals surface area contributed by atoms with E-state index in [1.807, 2.05) is 66.7 Å². The fraction of sp³-hybridized carbons (Fsp3) is 0.0370. The Morgan fingerprint density at radius 3 is 2.69 bits per heavy atom. The molecule has 0 aliphatic heterocycles. The Balaban J connectivity index is 1.33. The molecule has 0 atom stereocenters. The summed E-state index contributed by atoms with van der Waals surface area (Å²) in [5.74, 6) is 0.762. The van der Waals surface area contributed by atoms with Crippen LogP contribution in [-0.4, -0.2) is 9.97 Å². The molecule has 0 saturated carbocycles. The molecule has 4 aromatic carbocycles. The number of aromatic nitrogens is 2. The third kappa shape index (κ3) is 4.36. The lowest BCUT2D eigenvalue weighted by Gasteiger charge is -2.10. The molecule has 1 heterocycles. The highest BCUT2D eigenvalue weighted by molar-refractivity contribution is 8.03. The maximum atomic E-state index is 9.63. The van der Waals surface area contributed by atoms with Crippen molar-refractivity contribution < 1.29 is 4.74 Å². The molecule has 5 aromatic rings. The van der Waals surface area contributed by atoms with Gasteiger partial charge in [-0.2, -0.15) is 5.26 Å². The van der Waals surface area contributed by atoms with Crippen LogP contribution in [-0.2, 0) is 6.61 Å². The largest absolute Gasteiger partial charge is 0.489 e. The van der Waals surface area contributed by atoms with E-state index in [2.05, 4.69) is 46.4 Å². The molecular formula is C27H19N3OS. The third-order valence-corrected chi connectivity index (χ3v) is 5.93. The number of H-pyrrole nitrogens is 1. The van der Waals surface area contributed by atoms with Crippen molar-refractivity contribution >= 4 is 39.6 Å². The topological polar surface area (TPSA) is 61.7 Å². The number of ether oxygens (including phenoxy) is 1. The van der Waals surface area contributed by atoms with Gasteiger partial charge in [-0.1, -0.05) is 66.7 Å². The summed E-state index contributed by atoms with van der Waals surface area (Å²) >= 11 is 1.32. The van der Waals surface area contributed by atoms with E-state index >= 15 is 0 Å². The van der Waals surface area contributed by atoms with Crippen LogP contribution in [0.2, 0.25) is 0 Å². The first-order valence-electron chi connectivity index (χ1n) is 10.2. The van der Waals surface area contributed by atoms with Gasteiger partial charge in [-0.3, -0.25) is 0 Å². The second-order valence-electron chi connectivity index (χ2n) is 7.28. The van der Waals surface area contributed by atoms with Crippen molar-refractivity contribution in [2.75, 3.05) is 0 Å². The number of fused-ring (bicyclic) bond motifs is 2. The zero-order valence-electron chi connectivity index (χ0n) is 17.2. The van der Waals surface area contributed by atoms with Crippen LogP contribution >= 0.6 is 11.8 Å².